The van der Waals surface area contributed by atoms with Crippen LogP contribution in [0.4, 0.5) is 0 Å². The highest BCUT2D eigenvalue weighted by Crippen LogP contribution is 2.58. The van der Waals surface area contributed by atoms with Gasteiger partial charge in [-0.3, -0.25) is 4.79 Å². The fourth-order valence-corrected chi connectivity index (χ4v) is 4.01. The molecule has 21 heavy (non-hydrogen) atoms. The molecule has 0 bridgehead atoms. The molecule has 1 aliphatic carbocycles. The van der Waals surface area contributed by atoms with Crippen LogP contribution in [0.1, 0.15) is 31.7 Å². The molecule has 5 nitrogen and oxygen atoms in total. The van der Waals surface area contributed by atoms with E-state index in [0.29, 0.717) is 13.2 Å². The van der Waals surface area contributed by atoms with E-state index in [2.05, 4.69) is 9.88 Å². The van der Waals surface area contributed by atoms with Gasteiger partial charge in [0.05, 0.1) is 12.6 Å². The molecular weight excluding hydrogens is 266 g/mol. The molecule has 3 atom stereocenters. The van der Waals surface area contributed by atoms with Gasteiger partial charge in [0.25, 0.3) is 0 Å². The Balaban J connectivity index is 1.72. The van der Waals surface area contributed by atoms with Crippen molar-refractivity contribution in [2.75, 3.05) is 6.61 Å². The van der Waals surface area contributed by atoms with Crippen LogP contribution in [0, 0.1) is 18.3 Å². The Hall–Kier alpha value is -1.33. The number of aromatic nitrogens is 1. The van der Waals surface area contributed by atoms with Crippen molar-refractivity contribution < 1.29 is 9.53 Å². The van der Waals surface area contributed by atoms with Gasteiger partial charge < -0.3 is 20.4 Å². The average molecular weight is 291 g/mol. The summed E-state index contributed by atoms with van der Waals surface area (Å²) in [5.74, 6) is 0.0840. The molecule has 3 unspecified atom stereocenters. The van der Waals surface area contributed by atoms with Gasteiger partial charge in [0.1, 0.15) is 5.54 Å². The van der Waals surface area contributed by atoms with E-state index in [4.69, 9.17) is 10.5 Å². The molecule has 2 heterocycles. The molecule has 1 aromatic rings. The zero-order chi connectivity index (χ0) is 15.4. The number of nitrogens with one attached hydrogen (secondary N) is 1. The summed E-state index contributed by atoms with van der Waals surface area (Å²) < 4.78 is 7.81. The summed E-state index contributed by atoms with van der Waals surface area (Å²) in [5.41, 5.74) is 7.64. The first-order valence-corrected chi connectivity index (χ1v) is 7.60. The van der Waals surface area contributed by atoms with Gasteiger partial charge in [-0.05, 0) is 25.5 Å². The van der Waals surface area contributed by atoms with Gasteiger partial charge in [-0.1, -0.05) is 13.8 Å². The van der Waals surface area contributed by atoms with Crippen LogP contribution in [0.5, 0.6) is 0 Å². The molecule has 2 fully saturated rings. The molecule has 1 saturated heterocycles. The zero-order valence-electron chi connectivity index (χ0n) is 13.3. The molecule has 3 N–H and O–H groups in total. The molecule has 1 amide bonds. The van der Waals surface area contributed by atoms with E-state index in [1.165, 1.54) is 5.69 Å². The van der Waals surface area contributed by atoms with Crippen molar-refractivity contribution in [2.45, 2.75) is 45.4 Å². The summed E-state index contributed by atoms with van der Waals surface area (Å²) in [6.07, 6.45) is 0.993. The second kappa shape index (κ2) is 4.58. The summed E-state index contributed by atoms with van der Waals surface area (Å²) in [7, 11) is 2.00. The van der Waals surface area contributed by atoms with E-state index < -0.39 is 5.54 Å². The molecule has 1 aliphatic heterocycles. The highest BCUT2D eigenvalue weighted by Gasteiger charge is 2.71. The fraction of sp³-hybridized carbons (Fsp3) is 0.688. The number of rotatable bonds is 3. The Morgan fingerprint density at radius 3 is 2.86 bits per heavy atom. The van der Waals surface area contributed by atoms with E-state index in [1.807, 2.05) is 40.0 Å². The molecule has 5 heteroatoms. The van der Waals surface area contributed by atoms with Crippen molar-refractivity contribution in [3.05, 3.63) is 23.5 Å². The first kappa shape index (κ1) is 14.6. The number of amides is 1. The summed E-state index contributed by atoms with van der Waals surface area (Å²) >= 11 is 0. The largest absolute Gasteiger partial charge is 0.377 e. The number of hydrogen-bond acceptors (Lipinski definition) is 3. The maximum atomic E-state index is 12.7. The van der Waals surface area contributed by atoms with Crippen molar-refractivity contribution in [3.8, 4) is 0 Å². The smallest absolute Gasteiger partial charge is 0.241 e. The van der Waals surface area contributed by atoms with Crippen molar-refractivity contribution in [3.63, 3.8) is 0 Å². The topological polar surface area (TPSA) is 69.3 Å². The number of fused-ring (bicyclic) bond motifs is 1. The van der Waals surface area contributed by atoms with Crippen molar-refractivity contribution in [2.24, 2.45) is 24.1 Å². The Kier molecular flexibility index (Phi) is 3.19. The number of carbonyl (C=O) groups is 1. The van der Waals surface area contributed by atoms with Gasteiger partial charge in [0.15, 0.2) is 0 Å². The Morgan fingerprint density at radius 1 is 1.52 bits per heavy atom. The number of carbonyl (C=O) groups excluding carboxylic acids is 1. The van der Waals surface area contributed by atoms with Crippen LogP contribution >= 0.6 is 0 Å². The molecule has 2 aliphatic rings. The lowest BCUT2D eigenvalue weighted by atomic mass is 9.48. The lowest BCUT2D eigenvalue weighted by Gasteiger charge is -2.60. The minimum atomic E-state index is -0.825. The standard InChI is InChI=1S/C16H25N3O2/c1-10-5-6-11(19(10)4)9-18-14(20)16(17)12-7-8-21-13(12)15(16,2)3/h5-6,12-13H,7-9,17H2,1-4H3,(H,18,20). The molecule has 1 saturated carbocycles. The molecule has 3 rings (SSSR count). The highest BCUT2D eigenvalue weighted by atomic mass is 16.5. The molecule has 0 aromatic carbocycles. The monoisotopic (exact) mass is 291 g/mol. The predicted octanol–water partition coefficient (Wildman–Crippen LogP) is 1.09. The summed E-state index contributed by atoms with van der Waals surface area (Å²) in [6.45, 7) is 7.33. The van der Waals surface area contributed by atoms with Crippen LogP contribution in [0.15, 0.2) is 12.1 Å². The summed E-state index contributed by atoms with van der Waals surface area (Å²) in [4.78, 5) is 12.7. The van der Waals surface area contributed by atoms with Crippen LogP contribution in [-0.2, 0) is 23.1 Å². The number of nitrogens with zero attached hydrogens (tertiary/aromatic N) is 1. The zero-order valence-corrected chi connectivity index (χ0v) is 13.3. The first-order chi connectivity index (χ1) is 9.80. The van der Waals surface area contributed by atoms with Crippen molar-refractivity contribution >= 4 is 5.91 Å². The van der Waals surface area contributed by atoms with E-state index >= 15 is 0 Å². The number of aryl methyl sites for hydroxylation is 1. The van der Waals surface area contributed by atoms with Crippen LogP contribution in [0.3, 0.4) is 0 Å². The van der Waals surface area contributed by atoms with E-state index in [-0.39, 0.29) is 23.3 Å². The Morgan fingerprint density at radius 2 is 2.24 bits per heavy atom. The molecule has 0 radical (unpaired) electrons. The van der Waals surface area contributed by atoms with E-state index in [1.54, 1.807) is 0 Å². The fourth-order valence-electron chi connectivity index (χ4n) is 4.01. The minimum absolute atomic E-state index is 0.0573. The average Bonchev–Trinajstić information content (AvgIpc) is 3.04. The first-order valence-electron chi connectivity index (χ1n) is 7.60. The second-order valence-corrected chi connectivity index (χ2v) is 6.99. The number of nitrogens with two attached hydrogens (primary N) is 1. The molecule has 0 spiro atoms. The molecule has 116 valence electrons. The second-order valence-electron chi connectivity index (χ2n) is 6.99. The predicted molar refractivity (Wildman–Crippen MR) is 80.5 cm³/mol. The normalized spacial score (nSPS) is 33.4. The van der Waals surface area contributed by atoms with Gasteiger partial charge in [0.2, 0.25) is 5.91 Å². The van der Waals surface area contributed by atoms with Crippen molar-refractivity contribution in [1.82, 2.24) is 9.88 Å². The molecule has 1 aromatic heterocycles. The van der Waals surface area contributed by atoms with Gasteiger partial charge in [0, 0.05) is 36.4 Å². The number of hydrogen-bond donors (Lipinski definition) is 2. The van der Waals surface area contributed by atoms with Gasteiger partial charge in [-0.2, -0.15) is 0 Å². The summed E-state index contributed by atoms with van der Waals surface area (Å²) in [5, 5.41) is 3.02. The van der Waals surface area contributed by atoms with Crippen LogP contribution in [-0.4, -0.2) is 28.7 Å². The van der Waals surface area contributed by atoms with E-state index in [0.717, 1.165) is 12.1 Å². The highest BCUT2D eigenvalue weighted by molar-refractivity contribution is 5.89. The van der Waals surface area contributed by atoms with Crippen molar-refractivity contribution in [1.29, 1.82) is 0 Å². The lowest BCUT2D eigenvalue weighted by Crippen LogP contribution is -2.80. The maximum Gasteiger partial charge on any atom is 0.241 e. The third kappa shape index (κ3) is 1.80. The third-order valence-electron chi connectivity index (χ3n) is 5.74. The van der Waals surface area contributed by atoms with Crippen LogP contribution in [0.2, 0.25) is 0 Å². The summed E-state index contributed by atoms with van der Waals surface area (Å²) in [6, 6.07) is 4.08. The Bertz CT molecular complexity index is 578. The minimum Gasteiger partial charge on any atom is -0.377 e. The quantitative estimate of drug-likeness (QED) is 0.876. The number of ether oxygens (including phenoxy) is 1. The van der Waals surface area contributed by atoms with Gasteiger partial charge in [-0.15, -0.1) is 0 Å². The van der Waals surface area contributed by atoms with Crippen LogP contribution in [0.25, 0.3) is 0 Å². The lowest BCUT2D eigenvalue weighted by molar-refractivity contribution is -0.175. The van der Waals surface area contributed by atoms with Crippen LogP contribution < -0.4 is 11.1 Å². The van der Waals surface area contributed by atoms with E-state index in [9.17, 15) is 4.79 Å². The maximum absolute atomic E-state index is 12.7. The van der Waals surface area contributed by atoms with Gasteiger partial charge in [-0.25, -0.2) is 0 Å². The SMILES string of the molecule is Cc1ccc(CNC(=O)C2(N)C3CCOC3C2(C)C)n1C. The Labute approximate surface area is 125 Å². The third-order valence-corrected chi connectivity index (χ3v) is 5.74. The van der Waals surface area contributed by atoms with Gasteiger partial charge >= 0.3 is 0 Å². The molecular formula is C16H25N3O2.